The van der Waals surface area contributed by atoms with Crippen molar-refractivity contribution in [1.29, 1.82) is 0 Å². The second-order valence-corrected chi connectivity index (χ2v) is 8.20. The lowest BCUT2D eigenvalue weighted by molar-refractivity contribution is 0.0101. The van der Waals surface area contributed by atoms with Crippen LogP contribution in [0, 0.1) is 0 Å². The number of hydrogen-bond donors (Lipinski definition) is 2. The number of phenols is 1. The van der Waals surface area contributed by atoms with Crippen LogP contribution in [0.2, 0.25) is 0 Å². The summed E-state index contributed by atoms with van der Waals surface area (Å²) in [5.41, 5.74) is -0.437. The molecule has 0 radical (unpaired) electrons. The number of aliphatic hydroxyl groups excluding tert-OH is 1. The molecule has 2 N–H and O–H groups in total. The lowest BCUT2D eigenvalue weighted by Gasteiger charge is -2.31. The molecule has 0 unspecified atom stereocenters. The molecule has 2 aromatic rings. The van der Waals surface area contributed by atoms with E-state index in [9.17, 15) is 15.0 Å². The molecule has 6 heteroatoms. The number of aromatic hydroxyl groups is 1. The van der Waals surface area contributed by atoms with Gasteiger partial charge in [-0.25, -0.2) is 4.79 Å². The predicted octanol–water partition coefficient (Wildman–Crippen LogP) is 4.69. The van der Waals surface area contributed by atoms with Crippen molar-refractivity contribution in [2.24, 2.45) is 0 Å². The summed E-state index contributed by atoms with van der Waals surface area (Å²) in [4.78, 5) is 13.2. The number of rotatable bonds is 0. The minimum atomic E-state index is -0.437. The molecule has 0 atom stereocenters. The van der Waals surface area contributed by atoms with Gasteiger partial charge in [-0.3, -0.25) is 0 Å². The molecule has 0 aromatic heterocycles. The highest BCUT2D eigenvalue weighted by atomic mass is 79.9. The van der Waals surface area contributed by atoms with E-state index < -0.39 is 5.60 Å². The van der Waals surface area contributed by atoms with E-state index in [4.69, 9.17) is 4.74 Å². The van der Waals surface area contributed by atoms with E-state index in [0.29, 0.717) is 31.7 Å². The number of hydrogen-bond acceptors (Lipinski definition) is 4. The fourth-order valence-corrected chi connectivity index (χ4v) is 3.12. The van der Waals surface area contributed by atoms with Gasteiger partial charge in [0.25, 0.3) is 0 Å². The van der Waals surface area contributed by atoms with Crippen molar-refractivity contribution >= 4 is 32.8 Å². The zero-order chi connectivity index (χ0) is 19.3. The summed E-state index contributed by atoms with van der Waals surface area (Å²) >= 11 is 3.44. The summed E-state index contributed by atoms with van der Waals surface area (Å²) in [5, 5.41) is 20.6. The van der Waals surface area contributed by atoms with Gasteiger partial charge in [-0.2, -0.15) is 0 Å². The van der Waals surface area contributed by atoms with Gasteiger partial charge in [0.1, 0.15) is 11.4 Å². The van der Waals surface area contributed by atoms with Crippen LogP contribution in [0.3, 0.4) is 0 Å². The maximum absolute atomic E-state index is 11.5. The van der Waals surface area contributed by atoms with Crippen molar-refractivity contribution in [3.8, 4) is 5.75 Å². The second-order valence-electron chi connectivity index (χ2n) is 7.34. The van der Waals surface area contributed by atoms with E-state index in [-0.39, 0.29) is 12.2 Å². The number of halogens is 1. The zero-order valence-corrected chi connectivity index (χ0v) is 17.0. The number of amides is 1. The minimum Gasteiger partial charge on any atom is -0.508 e. The molecule has 26 heavy (non-hydrogen) atoms. The summed E-state index contributed by atoms with van der Waals surface area (Å²) in [7, 11) is 0. The highest BCUT2D eigenvalue weighted by Gasteiger charge is 2.25. The molecule has 1 heterocycles. The van der Waals surface area contributed by atoms with E-state index in [1.807, 2.05) is 45.0 Å². The molecular formula is C20H26BrNO4. The molecule has 2 aromatic carbocycles. The first-order valence-corrected chi connectivity index (χ1v) is 9.48. The molecule has 0 spiro atoms. The van der Waals surface area contributed by atoms with Crippen molar-refractivity contribution in [1.82, 2.24) is 4.90 Å². The maximum Gasteiger partial charge on any atom is 0.410 e. The Morgan fingerprint density at radius 2 is 1.85 bits per heavy atom. The Hall–Kier alpha value is -1.79. The number of carbonyl (C=O) groups excluding carboxylic acids is 1. The first kappa shape index (κ1) is 20.5. The molecule has 1 aliphatic rings. The Kier molecular flexibility index (Phi) is 6.89. The van der Waals surface area contributed by atoms with Gasteiger partial charge in [0.05, 0.1) is 6.10 Å². The number of nitrogens with zero attached hydrogens (tertiary/aromatic N) is 1. The largest absolute Gasteiger partial charge is 0.508 e. The van der Waals surface area contributed by atoms with E-state index in [0.717, 1.165) is 15.2 Å². The molecule has 0 saturated carbocycles. The van der Waals surface area contributed by atoms with Crippen molar-refractivity contribution in [3.05, 3.63) is 40.9 Å². The van der Waals surface area contributed by atoms with Crippen LogP contribution in [-0.4, -0.2) is 46.0 Å². The van der Waals surface area contributed by atoms with Crippen molar-refractivity contribution in [2.45, 2.75) is 45.3 Å². The summed E-state index contributed by atoms with van der Waals surface area (Å²) in [6, 6.07) is 11.2. The van der Waals surface area contributed by atoms with E-state index >= 15 is 0 Å². The normalized spacial score (nSPS) is 15.3. The third-order valence-electron chi connectivity index (χ3n) is 3.93. The molecule has 5 nitrogen and oxygen atoms in total. The Morgan fingerprint density at radius 1 is 1.19 bits per heavy atom. The van der Waals surface area contributed by atoms with Gasteiger partial charge in [0.15, 0.2) is 0 Å². The molecule has 0 aliphatic carbocycles. The van der Waals surface area contributed by atoms with Gasteiger partial charge >= 0.3 is 6.09 Å². The minimum absolute atomic E-state index is 0.256. The molecule has 1 aliphatic heterocycles. The monoisotopic (exact) mass is 423 g/mol. The average molecular weight is 424 g/mol. The summed E-state index contributed by atoms with van der Waals surface area (Å²) in [5.74, 6) is 0.306. The lowest BCUT2D eigenvalue weighted by Crippen LogP contribution is -2.42. The van der Waals surface area contributed by atoms with Crippen LogP contribution in [0.15, 0.2) is 40.9 Å². The summed E-state index contributed by atoms with van der Waals surface area (Å²) in [6.07, 6.45) is 0.775. The number of fused-ring (bicyclic) bond motifs is 1. The van der Waals surface area contributed by atoms with Crippen LogP contribution in [0.5, 0.6) is 5.75 Å². The third-order valence-corrected chi connectivity index (χ3v) is 4.62. The first-order valence-electron chi connectivity index (χ1n) is 8.69. The molecule has 1 amide bonds. The number of aliphatic hydroxyl groups is 1. The fourth-order valence-electron chi connectivity index (χ4n) is 2.61. The Balaban J connectivity index is 0.000000189. The number of carbonyl (C=O) groups is 1. The van der Waals surface area contributed by atoms with Gasteiger partial charge in [0, 0.05) is 17.6 Å². The Morgan fingerprint density at radius 3 is 2.46 bits per heavy atom. The molecular weight excluding hydrogens is 398 g/mol. The van der Waals surface area contributed by atoms with Crippen LogP contribution < -0.4 is 0 Å². The van der Waals surface area contributed by atoms with Crippen molar-refractivity contribution < 1.29 is 19.7 Å². The zero-order valence-electron chi connectivity index (χ0n) is 15.4. The smallest absolute Gasteiger partial charge is 0.410 e. The van der Waals surface area contributed by atoms with Crippen LogP contribution in [0.4, 0.5) is 4.79 Å². The van der Waals surface area contributed by atoms with E-state index in [1.165, 1.54) is 0 Å². The standard InChI is InChI=1S/C10H7BrO.C10H19NO3/c11-10-3-1-2-7-6-8(12)4-5-9(7)10;1-10(2,3)14-9(13)11-6-4-8(12)5-7-11/h1-6,12H;8,12H,4-7H2,1-3H3. The van der Waals surface area contributed by atoms with Crippen LogP contribution in [0.1, 0.15) is 33.6 Å². The van der Waals surface area contributed by atoms with Crippen LogP contribution in [0.25, 0.3) is 10.8 Å². The quantitative estimate of drug-likeness (QED) is 0.644. The van der Waals surface area contributed by atoms with Crippen LogP contribution >= 0.6 is 15.9 Å². The van der Waals surface area contributed by atoms with Gasteiger partial charge < -0.3 is 19.8 Å². The number of piperidine rings is 1. The maximum atomic E-state index is 11.5. The van der Waals surface area contributed by atoms with Gasteiger partial charge in [-0.15, -0.1) is 0 Å². The summed E-state index contributed by atoms with van der Waals surface area (Å²) in [6.45, 7) is 6.74. The lowest BCUT2D eigenvalue weighted by atomic mass is 10.1. The molecule has 0 bridgehead atoms. The molecule has 142 valence electrons. The average Bonchev–Trinajstić information content (AvgIpc) is 2.54. The number of likely N-dealkylation sites (tertiary alicyclic amines) is 1. The van der Waals surface area contributed by atoms with Gasteiger partial charge in [-0.05, 0) is 68.7 Å². The highest BCUT2D eigenvalue weighted by Crippen LogP contribution is 2.26. The van der Waals surface area contributed by atoms with E-state index in [1.54, 1.807) is 17.0 Å². The van der Waals surface area contributed by atoms with Crippen molar-refractivity contribution in [3.63, 3.8) is 0 Å². The van der Waals surface area contributed by atoms with Crippen LogP contribution in [-0.2, 0) is 4.74 Å². The van der Waals surface area contributed by atoms with Crippen molar-refractivity contribution in [2.75, 3.05) is 13.1 Å². The summed E-state index contributed by atoms with van der Waals surface area (Å²) < 4.78 is 6.27. The number of benzene rings is 2. The fraction of sp³-hybridized carbons (Fsp3) is 0.450. The second kappa shape index (κ2) is 8.73. The molecule has 3 rings (SSSR count). The van der Waals surface area contributed by atoms with Gasteiger partial charge in [-0.1, -0.05) is 28.1 Å². The number of phenolic OH excluding ortho intramolecular Hbond substituents is 1. The topological polar surface area (TPSA) is 70.0 Å². The van der Waals surface area contributed by atoms with E-state index in [2.05, 4.69) is 15.9 Å². The SMILES string of the molecule is CC(C)(C)OC(=O)N1CCC(O)CC1.Oc1ccc2c(Br)cccc2c1. The Labute approximate surface area is 162 Å². The molecule has 1 fully saturated rings. The van der Waals surface area contributed by atoms with Gasteiger partial charge in [0.2, 0.25) is 0 Å². The molecule has 1 saturated heterocycles. The Bertz CT molecular complexity index is 749. The first-order chi connectivity index (χ1) is 12.2. The highest BCUT2D eigenvalue weighted by molar-refractivity contribution is 9.10. The number of ether oxygens (including phenoxy) is 1. The predicted molar refractivity (Wildman–Crippen MR) is 106 cm³/mol. The third kappa shape index (κ3) is 6.18.